The minimum absolute atomic E-state index is 0.291. The lowest BCUT2D eigenvalue weighted by Crippen LogP contribution is -2.34. The van der Waals surface area contributed by atoms with Crippen molar-refractivity contribution in [3.8, 4) is 0 Å². The first-order chi connectivity index (χ1) is 9.34. The summed E-state index contributed by atoms with van der Waals surface area (Å²) in [6.07, 6.45) is 0. The van der Waals surface area contributed by atoms with Crippen LogP contribution in [-0.4, -0.2) is 47.1 Å². The molecule has 0 spiro atoms. The van der Waals surface area contributed by atoms with E-state index in [1.54, 1.807) is 6.07 Å². The molecule has 3 aromatic rings. The van der Waals surface area contributed by atoms with Crippen LogP contribution in [0.25, 0.3) is 21.9 Å². The highest BCUT2D eigenvalue weighted by atomic mass is 79.9. The van der Waals surface area contributed by atoms with Crippen molar-refractivity contribution in [1.29, 1.82) is 0 Å². The molecule has 0 atom stereocenters. The Morgan fingerprint density at radius 3 is 1.95 bits per heavy atom. The molecule has 1 nitrogen and oxygen atoms in total. The van der Waals surface area contributed by atoms with Crippen molar-refractivity contribution in [3.05, 3.63) is 10.5 Å². The molecule has 0 aliphatic carbocycles. The highest BCUT2D eigenvalue weighted by molar-refractivity contribution is 9.10. The predicted molar refractivity (Wildman–Crippen MR) is 93.7 cm³/mol. The smallest absolute Gasteiger partial charge is 0.128 e. The quantitative estimate of drug-likeness (QED) is 0.407. The van der Waals surface area contributed by atoms with Crippen LogP contribution in [0.5, 0.6) is 0 Å². The van der Waals surface area contributed by atoms with Gasteiger partial charge in [-0.05, 0) is 5.46 Å². The Balaban J connectivity index is 2.71. The topological polar surface area (TPSA) is 13.1 Å². The van der Waals surface area contributed by atoms with Crippen LogP contribution in [0.2, 0.25) is 0 Å². The second kappa shape index (κ2) is 4.56. The van der Waals surface area contributed by atoms with Gasteiger partial charge in [-0.3, -0.25) is 0 Å². The molecule has 20 heavy (non-hydrogen) atoms. The van der Waals surface area contributed by atoms with Gasteiger partial charge in [-0.1, -0.05) is 43.8 Å². The van der Waals surface area contributed by atoms with Gasteiger partial charge in [0.2, 0.25) is 0 Å². The van der Waals surface area contributed by atoms with Crippen molar-refractivity contribution in [3.63, 3.8) is 0 Å². The molecule has 0 saturated heterocycles. The normalized spacial score (nSPS) is 11.4. The van der Waals surface area contributed by atoms with Gasteiger partial charge >= 0.3 is 0 Å². The van der Waals surface area contributed by atoms with E-state index >= 15 is 0 Å². The van der Waals surface area contributed by atoms with Crippen LogP contribution in [0.1, 0.15) is 0 Å². The lowest BCUT2D eigenvalue weighted by Gasteiger charge is -2.10. The SMILES string of the molecule is [B]c1cc([B])c2c(oc3c([B])c(Br)c([B])c([B])c32)c1[B]. The van der Waals surface area contributed by atoms with E-state index in [0.29, 0.717) is 59.2 Å². The zero-order valence-corrected chi connectivity index (χ0v) is 11.9. The number of furan rings is 1. The fourth-order valence-electron chi connectivity index (χ4n) is 2.29. The maximum atomic E-state index is 6.06. The summed E-state index contributed by atoms with van der Waals surface area (Å²) in [4.78, 5) is 0. The molecule has 0 unspecified atom stereocenters. The zero-order valence-electron chi connectivity index (χ0n) is 10.3. The highest BCUT2D eigenvalue weighted by Gasteiger charge is 2.18. The molecule has 0 aliphatic heterocycles. The maximum Gasteiger partial charge on any atom is 0.128 e. The molecule has 0 fully saturated rings. The summed E-state index contributed by atoms with van der Waals surface area (Å²) in [5.74, 6) is 0. The minimum atomic E-state index is 0.291. The molecule has 8 heteroatoms. The Morgan fingerprint density at radius 1 is 0.700 bits per heavy atom. The molecule has 0 amide bonds. The van der Waals surface area contributed by atoms with E-state index in [1.807, 2.05) is 0 Å². The van der Waals surface area contributed by atoms with Crippen molar-refractivity contribution < 1.29 is 4.42 Å². The van der Waals surface area contributed by atoms with Crippen LogP contribution < -0.4 is 32.8 Å². The van der Waals surface area contributed by atoms with Gasteiger partial charge in [0.1, 0.15) is 58.2 Å². The number of halogens is 1. The molecule has 12 radical (unpaired) electrons. The van der Waals surface area contributed by atoms with Crippen molar-refractivity contribution in [2.75, 3.05) is 0 Å². The van der Waals surface area contributed by atoms with E-state index in [-0.39, 0.29) is 0 Å². The Labute approximate surface area is 132 Å². The third kappa shape index (κ3) is 1.70. The lowest BCUT2D eigenvalue weighted by atomic mass is 9.71. The molecule has 0 bridgehead atoms. The van der Waals surface area contributed by atoms with E-state index < -0.39 is 0 Å². The van der Waals surface area contributed by atoms with Crippen LogP contribution in [0.15, 0.2) is 15.0 Å². The maximum absolute atomic E-state index is 6.06. The van der Waals surface area contributed by atoms with Crippen LogP contribution in [-0.2, 0) is 0 Å². The molecule has 80 valence electrons. The van der Waals surface area contributed by atoms with Gasteiger partial charge in [0.05, 0.1) is 0 Å². The largest absolute Gasteiger partial charge is 0.457 e. The average Bonchev–Trinajstić information content (AvgIpc) is 2.81. The van der Waals surface area contributed by atoms with E-state index in [4.69, 9.17) is 51.5 Å². The van der Waals surface area contributed by atoms with E-state index in [2.05, 4.69) is 15.9 Å². The summed E-state index contributed by atoms with van der Waals surface area (Å²) in [6, 6.07) is 1.56. The van der Waals surface area contributed by atoms with Crippen LogP contribution >= 0.6 is 15.9 Å². The van der Waals surface area contributed by atoms with Crippen LogP contribution in [0.3, 0.4) is 0 Å². The number of hydrogen-bond acceptors (Lipinski definition) is 1. The number of rotatable bonds is 0. The number of hydrogen-bond donors (Lipinski definition) is 0. The first-order valence-corrected chi connectivity index (χ1v) is 6.45. The molecule has 0 aliphatic rings. The molecular weight excluding hydrogens is 305 g/mol. The van der Waals surface area contributed by atoms with Crippen LogP contribution in [0.4, 0.5) is 0 Å². The molecule has 1 aromatic heterocycles. The standard InChI is InChI=1S/C12HB6BrO/c13-2-1-3(14)6(15)11-4(2)5-7(16)8(17)10(19)9(18)12(5)20-11/h1H. The zero-order chi connectivity index (χ0) is 14.8. The van der Waals surface area contributed by atoms with Gasteiger partial charge in [-0.2, -0.15) is 0 Å². The minimum Gasteiger partial charge on any atom is -0.457 e. The van der Waals surface area contributed by atoms with Gasteiger partial charge in [0, 0.05) is 15.2 Å². The van der Waals surface area contributed by atoms with Crippen molar-refractivity contribution >= 4 is 118 Å². The summed E-state index contributed by atoms with van der Waals surface area (Å²) in [5, 5.41) is 1.11. The van der Waals surface area contributed by atoms with Crippen molar-refractivity contribution in [2.45, 2.75) is 0 Å². The molecule has 0 saturated carbocycles. The molecule has 2 aromatic carbocycles. The monoisotopic (exact) mass is 306 g/mol. The number of benzene rings is 2. The van der Waals surface area contributed by atoms with E-state index in [9.17, 15) is 0 Å². The lowest BCUT2D eigenvalue weighted by molar-refractivity contribution is 0.674. The molecule has 1 heterocycles. The van der Waals surface area contributed by atoms with Gasteiger partial charge in [0.15, 0.2) is 0 Å². The fourth-order valence-corrected chi connectivity index (χ4v) is 2.68. The fraction of sp³-hybridized carbons (Fsp3) is 0. The number of fused-ring (bicyclic) bond motifs is 3. The highest BCUT2D eigenvalue weighted by Crippen LogP contribution is 2.23. The van der Waals surface area contributed by atoms with E-state index in [0.717, 1.165) is 0 Å². The summed E-state index contributed by atoms with van der Waals surface area (Å²) in [5.41, 5.74) is 2.75. The van der Waals surface area contributed by atoms with Gasteiger partial charge in [-0.15, -0.1) is 5.46 Å². The average molecular weight is 306 g/mol. The third-order valence-corrected chi connectivity index (χ3v) is 4.19. The Kier molecular flexibility index (Phi) is 3.20. The van der Waals surface area contributed by atoms with Crippen LogP contribution in [0, 0.1) is 0 Å². The Bertz CT molecular complexity index is 885. The summed E-state index contributed by atoms with van der Waals surface area (Å²) >= 11 is 3.28. The Hall–Kier alpha value is -0.890. The van der Waals surface area contributed by atoms with Gasteiger partial charge in [-0.25, -0.2) is 0 Å². The third-order valence-electron chi connectivity index (χ3n) is 3.34. The second-order valence-electron chi connectivity index (χ2n) is 4.53. The molecule has 3 rings (SSSR count). The summed E-state index contributed by atoms with van der Waals surface area (Å²) in [6.45, 7) is 0. The second-order valence-corrected chi connectivity index (χ2v) is 5.33. The Morgan fingerprint density at radius 2 is 1.30 bits per heavy atom. The summed E-state index contributed by atoms with van der Waals surface area (Å²) < 4.78 is 6.20. The summed E-state index contributed by atoms with van der Waals surface area (Å²) in [7, 11) is 35.7. The van der Waals surface area contributed by atoms with Crippen molar-refractivity contribution in [2.24, 2.45) is 0 Å². The molecular formula is C12HB6BrO. The molecule has 0 N–H and O–H groups in total. The first-order valence-electron chi connectivity index (χ1n) is 5.66. The van der Waals surface area contributed by atoms with E-state index in [1.165, 1.54) is 0 Å². The predicted octanol–water partition coefficient (Wildman–Crippen LogP) is -2.89. The first kappa shape index (κ1) is 14.1. The van der Waals surface area contributed by atoms with Gasteiger partial charge in [0.25, 0.3) is 0 Å². The van der Waals surface area contributed by atoms with Gasteiger partial charge < -0.3 is 4.42 Å². The van der Waals surface area contributed by atoms with Crippen molar-refractivity contribution in [1.82, 2.24) is 0 Å².